The largest absolute Gasteiger partial charge is 0.375 e. The van der Waals surface area contributed by atoms with Crippen molar-refractivity contribution in [3.05, 3.63) is 15.9 Å². The molecular formula is C13H23BrN2O. The van der Waals surface area contributed by atoms with E-state index in [0.717, 1.165) is 35.3 Å². The van der Waals surface area contributed by atoms with E-state index in [1.54, 1.807) is 0 Å². The molecule has 4 heteroatoms. The Labute approximate surface area is 113 Å². The summed E-state index contributed by atoms with van der Waals surface area (Å²) in [4.78, 5) is 0. The molecule has 0 aliphatic rings. The van der Waals surface area contributed by atoms with Gasteiger partial charge in [-0.05, 0) is 28.8 Å². The molecular weight excluding hydrogens is 280 g/mol. The molecule has 1 rings (SSSR count). The Hall–Kier alpha value is -0.350. The van der Waals surface area contributed by atoms with Crippen LogP contribution in [0.5, 0.6) is 0 Å². The van der Waals surface area contributed by atoms with E-state index in [-0.39, 0.29) is 0 Å². The summed E-state index contributed by atoms with van der Waals surface area (Å²) < 4.78 is 8.71. The first kappa shape index (κ1) is 14.7. The maximum Gasteiger partial charge on any atom is 0.0896 e. The zero-order valence-electron chi connectivity index (χ0n) is 11.1. The molecule has 1 heterocycles. The van der Waals surface area contributed by atoms with Gasteiger partial charge in [0.25, 0.3) is 0 Å². The van der Waals surface area contributed by atoms with Crippen LogP contribution in [0.2, 0.25) is 0 Å². The lowest BCUT2D eigenvalue weighted by atomic mass is 10.2. The van der Waals surface area contributed by atoms with Crippen molar-refractivity contribution >= 4 is 15.9 Å². The Bertz CT molecular complexity index is 336. The van der Waals surface area contributed by atoms with E-state index >= 15 is 0 Å². The monoisotopic (exact) mass is 302 g/mol. The van der Waals surface area contributed by atoms with Gasteiger partial charge in [0.2, 0.25) is 0 Å². The summed E-state index contributed by atoms with van der Waals surface area (Å²) >= 11 is 3.59. The van der Waals surface area contributed by atoms with Gasteiger partial charge >= 0.3 is 0 Å². The number of hydrogen-bond acceptors (Lipinski definition) is 2. The predicted molar refractivity (Wildman–Crippen MR) is 74.1 cm³/mol. The van der Waals surface area contributed by atoms with Crippen LogP contribution in [-0.2, 0) is 24.8 Å². The number of aromatic nitrogens is 2. The Balaban J connectivity index is 2.34. The molecule has 0 unspecified atom stereocenters. The number of hydrogen-bond donors (Lipinski definition) is 0. The minimum absolute atomic E-state index is 0.649. The van der Waals surface area contributed by atoms with Gasteiger partial charge in [0.1, 0.15) is 0 Å². The van der Waals surface area contributed by atoms with Gasteiger partial charge in [-0.3, -0.25) is 4.68 Å². The van der Waals surface area contributed by atoms with Gasteiger partial charge < -0.3 is 4.74 Å². The second-order valence-electron chi connectivity index (χ2n) is 4.30. The summed E-state index contributed by atoms with van der Waals surface area (Å²) in [5.74, 6) is 0. The van der Waals surface area contributed by atoms with Crippen molar-refractivity contribution in [1.29, 1.82) is 0 Å². The highest BCUT2D eigenvalue weighted by molar-refractivity contribution is 9.10. The first-order valence-electron chi connectivity index (χ1n) is 6.48. The fraction of sp³-hybridized carbons (Fsp3) is 0.769. The standard InChI is InChI=1S/C13H23BrN2O/c1-4-6-7-8-9-17-10-12-13(14)11(5-2)15-16(12)3/h4-10H2,1-3H3. The third-order valence-corrected chi connectivity index (χ3v) is 3.80. The maximum absolute atomic E-state index is 5.69. The average Bonchev–Trinajstić information content (AvgIpc) is 2.60. The molecule has 0 aliphatic carbocycles. The molecule has 1 aromatic rings. The number of nitrogens with zero attached hydrogens (tertiary/aromatic N) is 2. The summed E-state index contributed by atoms with van der Waals surface area (Å²) in [6.07, 6.45) is 5.95. The molecule has 0 N–H and O–H groups in total. The van der Waals surface area contributed by atoms with E-state index < -0.39 is 0 Å². The zero-order valence-corrected chi connectivity index (χ0v) is 12.7. The summed E-state index contributed by atoms with van der Waals surface area (Å²) in [7, 11) is 1.97. The number of halogens is 1. The van der Waals surface area contributed by atoms with Crippen LogP contribution in [0.15, 0.2) is 4.47 Å². The van der Waals surface area contributed by atoms with Crippen molar-refractivity contribution in [2.45, 2.75) is 52.6 Å². The smallest absolute Gasteiger partial charge is 0.0896 e. The van der Waals surface area contributed by atoms with Crippen LogP contribution in [0.4, 0.5) is 0 Å². The van der Waals surface area contributed by atoms with Gasteiger partial charge in [0.05, 0.1) is 22.5 Å². The highest BCUT2D eigenvalue weighted by Gasteiger charge is 2.11. The molecule has 0 fully saturated rings. The summed E-state index contributed by atoms with van der Waals surface area (Å²) in [6.45, 7) is 5.83. The minimum Gasteiger partial charge on any atom is -0.375 e. The lowest BCUT2D eigenvalue weighted by Crippen LogP contribution is -2.02. The number of aryl methyl sites for hydroxylation is 2. The van der Waals surface area contributed by atoms with Gasteiger partial charge in [-0.25, -0.2) is 0 Å². The quantitative estimate of drug-likeness (QED) is 0.682. The molecule has 0 bridgehead atoms. The molecule has 3 nitrogen and oxygen atoms in total. The highest BCUT2D eigenvalue weighted by atomic mass is 79.9. The lowest BCUT2D eigenvalue weighted by molar-refractivity contribution is 0.111. The van der Waals surface area contributed by atoms with Crippen LogP contribution in [0.1, 0.15) is 50.9 Å². The van der Waals surface area contributed by atoms with Gasteiger partial charge in [-0.1, -0.05) is 33.1 Å². The van der Waals surface area contributed by atoms with Crippen LogP contribution < -0.4 is 0 Å². The lowest BCUT2D eigenvalue weighted by Gasteiger charge is -2.05. The van der Waals surface area contributed by atoms with Crippen LogP contribution >= 0.6 is 15.9 Å². The topological polar surface area (TPSA) is 27.1 Å². The van der Waals surface area contributed by atoms with E-state index in [1.165, 1.54) is 19.3 Å². The number of rotatable bonds is 8. The van der Waals surface area contributed by atoms with Crippen LogP contribution in [-0.4, -0.2) is 16.4 Å². The normalized spacial score (nSPS) is 11.1. The maximum atomic E-state index is 5.69. The van der Waals surface area contributed by atoms with Crippen molar-refractivity contribution in [2.75, 3.05) is 6.61 Å². The molecule has 0 saturated heterocycles. The third-order valence-electron chi connectivity index (χ3n) is 2.88. The van der Waals surface area contributed by atoms with Gasteiger partial charge in [0.15, 0.2) is 0 Å². The van der Waals surface area contributed by atoms with Crippen LogP contribution in [0, 0.1) is 0 Å². The molecule has 0 aliphatic heterocycles. The zero-order chi connectivity index (χ0) is 12.7. The molecule has 17 heavy (non-hydrogen) atoms. The SMILES string of the molecule is CCCCCCOCc1c(Br)c(CC)nn1C. The van der Waals surface area contributed by atoms with Crippen molar-refractivity contribution in [2.24, 2.45) is 7.05 Å². The van der Waals surface area contributed by atoms with E-state index in [4.69, 9.17) is 4.74 Å². The average molecular weight is 303 g/mol. The van der Waals surface area contributed by atoms with Crippen molar-refractivity contribution in [3.8, 4) is 0 Å². The Morgan fingerprint density at radius 3 is 2.59 bits per heavy atom. The first-order valence-corrected chi connectivity index (χ1v) is 7.28. The summed E-state index contributed by atoms with van der Waals surface area (Å²) in [5, 5.41) is 4.45. The van der Waals surface area contributed by atoms with Gasteiger partial charge in [0, 0.05) is 13.7 Å². The Morgan fingerprint density at radius 1 is 1.24 bits per heavy atom. The van der Waals surface area contributed by atoms with Crippen molar-refractivity contribution < 1.29 is 4.74 Å². The summed E-state index contributed by atoms with van der Waals surface area (Å²) in [5.41, 5.74) is 2.24. The van der Waals surface area contributed by atoms with Gasteiger partial charge in [-0.2, -0.15) is 5.10 Å². The second kappa shape index (κ2) is 7.88. The molecule has 0 saturated carbocycles. The fourth-order valence-corrected chi connectivity index (χ4v) is 2.51. The number of ether oxygens (including phenoxy) is 1. The van der Waals surface area contributed by atoms with Crippen LogP contribution in [0.3, 0.4) is 0 Å². The van der Waals surface area contributed by atoms with Crippen molar-refractivity contribution in [1.82, 2.24) is 9.78 Å². The minimum atomic E-state index is 0.649. The molecule has 0 radical (unpaired) electrons. The first-order chi connectivity index (χ1) is 8.20. The Morgan fingerprint density at radius 2 is 2.00 bits per heavy atom. The molecule has 0 spiro atoms. The molecule has 1 aromatic heterocycles. The van der Waals surface area contributed by atoms with E-state index in [2.05, 4.69) is 34.9 Å². The Kier molecular flexibility index (Phi) is 6.82. The molecule has 0 aromatic carbocycles. The molecule has 0 amide bonds. The fourth-order valence-electron chi connectivity index (χ4n) is 1.78. The van der Waals surface area contributed by atoms with Gasteiger partial charge in [-0.15, -0.1) is 0 Å². The molecule has 98 valence electrons. The number of unbranched alkanes of at least 4 members (excludes halogenated alkanes) is 3. The highest BCUT2D eigenvalue weighted by Crippen LogP contribution is 2.22. The predicted octanol–water partition coefficient (Wildman–Crippen LogP) is 3.84. The van der Waals surface area contributed by atoms with E-state index in [0.29, 0.717) is 6.61 Å². The van der Waals surface area contributed by atoms with Crippen LogP contribution in [0.25, 0.3) is 0 Å². The van der Waals surface area contributed by atoms with E-state index in [9.17, 15) is 0 Å². The second-order valence-corrected chi connectivity index (χ2v) is 5.09. The summed E-state index contributed by atoms with van der Waals surface area (Å²) in [6, 6.07) is 0. The van der Waals surface area contributed by atoms with E-state index in [1.807, 2.05) is 11.7 Å². The third kappa shape index (κ3) is 4.43. The van der Waals surface area contributed by atoms with Crippen molar-refractivity contribution in [3.63, 3.8) is 0 Å². The molecule has 0 atom stereocenters.